The van der Waals surface area contributed by atoms with Crippen molar-refractivity contribution in [3.05, 3.63) is 57.8 Å². The van der Waals surface area contributed by atoms with Crippen molar-refractivity contribution in [1.29, 1.82) is 0 Å². The summed E-state index contributed by atoms with van der Waals surface area (Å²) in [6.07, 6.45) is 4.10. The summed E-state index contributed by atoms with van der Waals surface area (Å²) in [7, 11) is 0. The third kappa shape index (κ3) is 5.37. The van der Waals surface area contributed by atoms with Crippen molar-refractivity contribution < 1.29 is 13.6 Å². The number of unbranched alkanes of at least 4 members (excludes halogenated alkanes) is 1. The van der Waals surface area contributed by atoms with Gasteiger partial charge < -0.3 is 0 Å². The SMILES string of the molecule is O=C(CCCCc1cccs1)N/N=C/c1cc(F)ccc1F. The number of rotatable bonds is 7. The Kier molecular flexibility index (Phi) is 6.21. The van der Waals surface area contributed by atoms with E-state index in [4.69, 9.17) is 0 Å². The zero-order chi connectivity index (χ0) is 15.8. The van der Waals surface area contributed by atoms with Crippen molar-refractivity contribution in [3.63, 3.8) is 0 Å². The van der Waals surface area contributed by atoms with Gasteiger partial charge in [0.15, 0.2) is 0 Å². The largest absolute Gasteiger partial charge is 0.273 e. The van der Waals surface area contributed by atoms with Crippen LogP contribution < -0.4 is 5.43 Å². The molecule has 116 valence electrons. The Morgan fingerprint density at radius 1 is 1.27 bits per heavy atom. The third-order valence-corrected chi connectivity index (χ3v) is 3.94. The fourth-order valence-electron chi connectivity index (χ4n) is 1.88. The summed E-state index contributed by atoms with van der Waals surface area (Å²) in [5.41, 5.74) is 2.31. The van der Waals surface area contributed by atoms with Crippen LogP contribution in [-0.4, -0.2) is 12.1 Å². The quantitative estimate of drug-likeness (QED) is 0.469. The van der Waals surface area contributed by atoms with Crippen molar-refractivity contribution in [2.45, 2.75) is 25.7 Å². The van der Waals surface area contributed by atoms with E-state index in [9.17, 15) is 13.6 Å². The third-order valence-electron chi connectivity index (χ3n) is 3.01. The van der Waals surface area contributed by atoms with Crippen LogP contribution in [0.5, 0.6) is 0 Å². The molecule has 0 fully saturated rings. The lowest BCUT2D eigenvalue weighted by molar-refractivity contribution is -0.121. The Labute approximate surface area is 131 Å². The average molecular weight is 322 g/mol. The van der Waals surface area contributed by atoms with Crippen LogP contribution in [-0.2, 0) is 11.2 Å². The summed E-state index contributed by atoms with van der Waals surface area (Å²) in [5, 5.41) is 5.67. The molecule has 0 radical (unpaired) electrons. The molecule has 22 heavy (non-hydrogen) atoms. The number of hydrogen-bond donors (Lipinski definition) is 1. The topological polar surface area (TPSA) is 41.5 Å². The van der Waals surface area contributed by atoms with E-state index < -0.39 is 11.6 Å². The number of aryl methyl sites for hydroxylation is 1. The molecule has 1 heterocycles. The van der Waals surface area contributed by atoms with Crippen LogP contribution in [0.15, 0.2) is 40.8 Å². The summed E-state index contributed by atoms with van der Waals surface area (Å²) in [4.78, 5) is 12.9. The van der Waals surface area contributed by atoms with Crippen LogP contribution in [0.4, 0.5) is 8.78 Å². The number of thiophene rings is 1. The lowest BCUT2D eigenvalue weighted by atomic mass is 10.2. The number of carbonyl (C=O) groups is 1. The van der Waals surface area contributed by atoms with Gasteiger partial charge in [0.05, 0.1) is 6.21 Å². The number of halogens is 2. The summed E-state index contributed by atoms with van der Waals surface area (Å²) >= 11 is 1.71. The number of nitrogens with one attached hydrogen (secondary N) is 1. The van der Waals surface area contributed by atoms with Gasteiger partial charge >= 0.3 is 0 Å². The van der Waals surface area contributed by atoms with E-state index in [2.05, 4.69) is 16.6 Å². The van der Waals surface area contributed by atoms with Crippen LogP contribution in [0.1, 0.15) is 29.7 Å². The number of benzene rings is 1. The molecule has 0 aliphatic rings. The van der Waals surface area contributed by atoms with E-state index in [0.717, 1.165) is 43.7 Å². The van der Waals surface area contributed by atoms with Crippen molar-refractivity contribution in [1.82, 2.24) is 5.43 Å². The second kappa shape index (κ2) is 8.38. The van der Waals surface area contributed by atoms with Gasteiger partial charge in [0, 0.05) is 16.9 Å². The Morgan fingerprint density at radius 2 is 2.14 bits per heavy atom. The van der Waals surface area contributed by atoms with Crippen molar-refractivity contribution >= 4 is 23.5 Å². The zero-order valence-corrected chi connectivity index (χ0v) is 12.7. The molecule has 0 aliphatic heterocycles. The highest BCUT2D eigenvalue weighted by molar-refractivity contribution is 7.09. The maximum absolute atomic E-state index is 13.3. The molecule has 0 atom stereocenters. The molecular weight excluding hydrogens is 306 g/mol. The first-order chi connectivity index (χ1) is 10.6. The average Bonchev–Trinajstić information content (AvgIpc) is 3.00. The molecule has 0 saturated heterocycles. The number of carbonyl (C=O) groups excluding carboxylic acids is 1. The predicted octanol–water partition coefficient (Wildman–Crippen LogP) is 3.89. The minimum atomic E-state index is -0.588. The molecule has 0 saturated carbocycles. The Balaban J connectivity index is 1.68. The van der Waals surface area contributed by atoms with E-state index >= 15 is 0 Å². The molecule has 1 aromatic heterocycles. The van der Waals surface area contributed by atoms with Crippen LogP contribution in [0.2, 0.25) is 0 Å². The first kappa shape index (κ1) is 16.3. The first-order valence-corrected chi connectivity index (χ1v) is 7.82. The van der Waals surface area contributed by atoms with Crippen molar-refractivity contribution in [2.75, 3.05) is 0 Å². The molecule has 0 unspecified atom stereocenters. The molecule has 1 N–H and O–H groups in total. The molecule has 0 aliphatic carbocycles. The zero-order valence-electron chi connectivity index (χ0n) is 11.9. The molecule has 6 heteroatoms. The molecule has 0 bridgehead atoms. The van der Waals surface area contributed by atoms with Crippen LogP contribution in [0, 0.1) is 11.6 Å². The van der Waals surface area contributed by atoms with E-state index in [1.54, 1.807) is 11.3 Å². The van der Waals surface area contributed by atoms with Gasteiger partial charge in [-0.25, -0.2) is 14.2 Å². The van der Waals surface area contributed by atoms with Gasteiger partial charge in [-0.05, 0) is 48.9 Å². The minimum Gasteiger partial charge on any atom is -0.273 e. The smallest absolute Gasteiger partial charge is 0.240 e. The number of nitrogens with zero attached hydrogens (tertiary/aromatic N) is 1. The highest BCUT2D eigenvalue weighted by Crippen LogP contribution is 2.12. The van der Waals surface area contributed by atoms with Gasteiger partial charge in [-0.15, -0.1) is 11.3 Å². The summed E-state index contributed by atoms with van der Waals surface area (Å²) < 4.78 is 26.2. The number of hydrogen-bond acceptors (Lipinski definition) is 3. The number of amides is 1. The lowest BCUT2D eigenvalue weighted by Gasteiger charge is -2.00. The lowest BCUT2D eigenvalue weighted by Crippen LogP contribution is -2.17. The van der Waals surface area contributed by atoms with E-state index in [0.29, 0.717) is 6.42 Å². The first-order valence-electron chi connectivity index (χ1n) is 6.94. The minimum absolute atomic E-state index is 0.00186. The van der Waals surface area contributed by atoms with Crippen molar-refractivity contribution in [3.8, 4) is 0 Å². The Hall–Kier alpha value is -2.08. The van der Waals surface area contributed by atoms with Gasteiger partial charge in [0.2, 0.25) is 5.91 Å². The standard InChI is InChI=1S/C16H16F2N2OS/c17-13-7-8-15(18)12(10-13)11-19-20-16(21)6-2-1-4-14-5-3-9-22-14/h3,5,7-11H,1-2,4,6H2,(H,20,21)/b19-11+. The van der Waals surface area contributed by atoms with Crippen LogP contribution >= 0.6 is 11.3 Å². The second-order valence-electron chi connectivity index (χ2n) is 4.75. The summed E-state index contributed by atoms with van der Waals surface area (Å²) in [5.74, 6) is -1.38. The maximum atomic E-state index is 13.3. The highest BCUT2D eigenvalue weighted by Gasteiger charge is 2.02. The molecule has 1 amide bonds. The normalized spacial score (nSPS) is 11.0. The van der Waals surface area contributed by atoms with Gasteiger partial charge in [-0.3, -0.25) is 4.79 Å². The fraction of sp³-hybridized carbons (Fsp3) is 0.250. The second-order valence-corrected chi connectivity index (χ2v) is 5.78. The van der Waals surface area contributed by atoms with Crippen LogP contribution in [0.3, 0.4) is 0 Å². The van der Waals surface area contributed by atoms with E-state index in [-0.39, 0.29) is 11.5 Å². The van der Waals surface area contributed by atoms with E-state index in [1.165, 1.54) is 4.88 Å². The fourth-order valence-corrected chi connectivity index (χ4v) is 2.63. The predicted molar refractivity (Wildman–Crippen MR) is 84.0 cm³/mol. The molecule has 0 spiro atoms. The molecule has 1 aromatic carbocycles. The van der Waals surface area contributed by atoms with Gasteiger partial charge in [0.1, 0.15) is 11.6 Å². The monoisotopic (exact) mass is 322 g/mol. The maximum Gasteiger partial charge on any atom is 0.240 e. The molecule has 2 aromatic rings. The van der Waals surface area contributed by atoms with Gasteiger partial charge in [-0.1, -0.05) is 6.07 Å². The van der Waals surface area contributed by atoms with Gasteiger partial charge in [-0.2, -0.15) is 5.10 Å². The summed E-state index contributed by atoms with van der Waals surface area (Å²) in [6, 6.07) is 7.14. The molecule has 2 rings (SSSR count). The summed E-state index contributed by atoms with van der Waals surface area (Å²) in [6.45, 7) is 0. The van der Waals surface area contributed by atoms with E-state index in [1.807, 2.05) is 11.4 Å². The molecular formula is C16H16F2N2OS. The highest BCUT2D eigenvalue weighted by atomic mass is 32.1. The van der Waals surface area contributed by atoms with Crippen LogP contribution in [0.25, 0.3) is 0 Å². The Bertz CT molecular complexity index is 642. The van der Waals surface area contributed by atoms with Crippen molar-refractivity contribution in [2.24, 2.45) is 5.10 Å². The number of hydrazone groups is 1. The Morgan fingerprint density at radius 3 is 2.91 bits per heavy atom. The van der Waals surface area contributed by atoms with Gasteiger partial charge in [0.25, 0.3) is 0 Å². The molecule has 3 nitrogen and oxygen atoms in total.